The molecule has 0 spiro atoms. The highest BCUT2D eigenvalue weighted by Gasteiger charge is 2.44. The van der Waals surface area contributed by atoms with E-state index in [1.165, 1.54) is 0 Å². The minimum absolute atomic E-state index is 0.226. The molecule has 2 N–H and O–H groups in total. The Morgan fingerprint density at radius 1 is 0.900 bits per heavy atom. The molecule has 2 rings (SSSR count). The second-order valence-corrected chi connectivity index (χ2v) is 12.1. The van der Waals surface area contributed by atoms with Gasteiger partial charge in [-0.1, -0.05) is 68.8 Å². The highest BCUT2D eigenvalue weighted by atomic mass is 16.6. The SMILES string of the molecule is CCCCNC(=O)C(c1c(C)cccc1C)N(C(=O)C(Cc1ccccc1)NC(=O)OC(C)(C)C)C(C)(C)CC. The van der Waals surface area contributed by atoms with Crippen LogP contribution in [-0.2, 0) is 20.7 Å². The van der Waals surface area contributed by atoms with Gasteiger partial charge in [0, 0.05) is 18.5 Å². The number of carbonyl (C=O) groups is 3. The van der Waals surface area contributed by atoms with Crippen molar-refractivity contribution in [1.29, 1.82) is 0 Å². The zero-order valence-corrected chi connectivity index (χ0v) is 25.9. The Bertz CT molecular complexity index is 1120. The fraction of sp³-hybridized carbons (Fsp3) is 0.545. The van der Waals surface area contributed by atoms with E-state index in [1.54, 1.807) is 25.7 Å². The third kappa shape index (κ3) is 9.10. The van der Waals surface area contributed by atoms with E-state index in [0.717, 1.165) is 35.1 Å². The molecule has 7 nitrogen and oxygen atoms in total. The molecule has 2 aromatic rings. The quantitative estimate of drug-likeness (QED) is 0.298. The van der Waals surface area contributed by atoms with Gasteiger partial charge in [0.2, 0.25) is 11.8 Å². The molecule has 0 aliphatic rings. The lowest BCUT2D eigenvalue weighted by Gasteiger charge is -2.45. The topological polar surface area (TPSA) is 87.7 Å². The maximum Gasteiger partial charge on any atom is 0.408 e. The summed E-state index contributed by atoms with van der Waals surface area (Å²) in [7, 11) is 0. The van der Waals surface area contributed by atoms with Gasteiger partial charge in [0.05, 0.1) is 0 Å². The smallest absolute Gasteiger partial charge is 0.408 e. The summed E-state index contributed by atoms with van der Waals surface area (Å²) in [5.74, 6) is -0.559. The number of nitrogens with one attached hydrogen (secondary N) is 2. The van der Waals surface area contributed by atoms with Crippen molar-refractivity contribution in [1.82, 2.24) is 15.5 Å². The van der Waals surface area contributed by atoms with Crippen LogP contribution in [0.5, 0.6) is 0 Å². The average molecular weight is 552 g/mol. The number of unbranched alkanes of at least 4 members (excludes halogenated alkanes) is 1. The Morgan fingerprint density at radius 3 is 2.02 bits per heavy atom. The van der Waals surface area contributed by atoms with Crippen LogP contribution >= 0.6 is 0 Å². The Morgan fingerprint density at radius 2 is 1.50 bits per heavy atom. The molecule has 2 atom stereocenters. The lowest BCUT2D eigenvalue weighted by Crippen LogP contribution is -2.60. The van der Waals surface area contributed by atoms with Crippen LogP contribution < -0.4 is 10.6 Å². The monoisotopic (exact) mass is 551 g/mol. The summed E-state index contributed by atoms with van der Waals surface area (Å²) in [5, 5.41) is 5.92. The molecule has 0 saturated carbocycles. The molecular formula is C33H49N3O4. The van der Waals surface area contributed by atoms with Crippen LogP contribution in [0.1, 0.15) is 96.0 Å². The fourth-order valence-corrected chi connectivity index (χ4v) is 4.73. The molecule has 0 saturated heterocycles. The van der Waals surface area contributed by atoms with Gasteiger partial charge in [0.15, 0.2) is 0 Å². The maximum absolute atomic E-state index is 14.7. The van der Waals surface area contributed by atoms with Gasteiger partial charge in [-0.3, -0.25) is 9.59 Å². The van der Waals surface area contributed by atoms with Crippen LogP contribution in [0.3, 0.4) is 0 Å². The summed E-state index contributed by atoms with van der Waals surface area (Å²) in [6.07, 6.45) is 1.97. The molecule has 0 aliphatic carbocycles. The number of rotatable bonds is 12. The average Bonchev–Trinajstić information content (AvgIpc) is 2.86. The van der Waals surface area contributed by atoms with Crippen LogP contribution in [0.15, 0.2) is 48.5 Å². The number of hydrogen-bond acceptors (Lipinski definition) is 4. The third-order valence-corrected chi connectivity index (χ3v) is 7.18. The maximum atomic E-state index is 14.7. The molecule has 0 radical (unpaired) electrons. The number of nitrogens with zero attached hydrogens (tertiary/aromatic N) is 1. The van der Waals surface area contributed by atoms with E-state index in [9.17, 15) is 14.4 Å². The molecule has 220 valence electrons. The molecule has 2 aromatic carbocycles. The summed E-state index contributed by atoms with van der Waals surface area (Å²) < 4.78 is 5.54. The summed E-state index contributed by atoms with van der Waals surface area (Å²) in [6, 6.07) is 13.6. The molecule has 40 heavy (non-hydrogen) atoms. The van der Waals surface area contributed by atoms with Gasteiger partial charge >= 0.3 is 6.09 Å². The van der Waals surface area contributed by atoms with Crippen LogP contribution in [0.25, 0.3) is 0 Å². The summed E-state index contributed by atoms with van der Waals surface area (Å²) >= 11 is 0. The van der Waals surface area contributed by atoms with E-state index < -0.39 is 29.3 Å². The first-order chi connectivity index (χ1) is 18.7. The van der Waals surface area contributed by atoms with Crippen LogP contribution in [0.2, 0.25) is 0 Å². The van der Waals surface area contributed by atoms with Crippen molar-refractivity contribution < 1.29 is 19.1 Å². The van der Waals surface area contributed by atoms with Crippen molar-refractivity contribution >= 4 is 17.9 Å². The van der Waals surface area contributed by atoms with Crippen LogP contribution in [-0.4, -0.2) is 46.5 Å². The first kappa shape index (κ1) is 32.9. The van der Waals surface area contributed by atoms with Gasteiger partial charge in [-0.25, -0.2) is 4.79 Å². The Hall–Kier alpha value is -3.35. The lowest BCUT2D eigenvalue weighted by atomic mass is 9.88. The number of ether oxygens (including phenoxy) is 1. The second kappa shape index (κ2) is 14.3. The van der Waals surface area contributed by atoms with Crippen molar-refractivity contribution in [3.8, 4) is 0 Å². The molecule has 2 unspecified atom stereocenters. The van der Waals surface area contributed by atoms with Gasteiger partial charge in [-0.2, -0.15) is 0 Å². The summed E-state index contributed by atoms with van der Waals surface area (Å²) in [4.78, 5) is 43.4. The molecule has 0 aliphatic heterocycles. The van der Waals surface area contributed by atoms with Crippen molar-refractivity contribution in [2.75, 3.05) is 6.54 Å². The zero-order chi connectivity index (χ0) is 30.1. The van der Waals surface area contributed by atoms with Crippen molar-refractivity contribution in [3.05, 3.63) is 70.8 Å². The zero-order valence-electron chi connectivity index (χ0n) is 25.9. The fourth-order valence-electron chi connectivity index (χ4n) is 4.73. The Labute approximate surface area is 241 Å². The van der Waals surface area contributed by atoms with Crippen molar-refractivity contribution in [2.24, 2.45) is 0 Å². The minimum Gasteiger partial charge on any atom is -0.444 e. The van der Waals surface area contributed by atoms with Gasteiger partial charge in [0.1, 0.15) is 17.7 Å². The molecule has 0 heterocycles. The van der Waals surface area contributed by atoms with Gasteiger partial charge < -0.3 is 20.3 Å². The molecule has 3 amide bonds. The Balaban J connectivity index is 2.69. The molecule has 0 fully saturated rings. The normalized spacial score (nSPS) is 13.2. The van der Waals surface area contributed by atoms with Gasteiger partial charge in [-0.05, 0) is 83.6 Å². The summed E-state index contributed by atoms with van der Waals surface area (Å²) in [5.41, 5.74) is 2.12. The number of amides is 3. The number of hydrogen-bond donors (Lipinski definition) is 2. The van der Waals surface area contributed by atoms with E-state index in [4.69, 9.17) is 4.74 Å². The van der Waals surface area contributed by atoms with Crippen molar-refractivity contribution in [2.45, 2.75) is 111 Å². The van der Waals surface area contributed by atoms with Crippen LogP contribution in [0.4, 0.5) is 4.79 Å². The lowest BCUT2D eigenvalue weighted by molar-refractivity contribution is -0.149. The van der Waals surface area contributed by atoms with Crippen molar-refractivity contribution in [3.63, 3.8) is 0 Å². The molecule has 7 heteroatoms. The van der Waals surface area contributed by atoms with E-state index in [-0.39, 0.29) is 18.2 Å². The summed E-state index contributed by atoms with van der Waals surface area (Å²) in [6.45, 7) is 17.8. The standard InChI is InChI=1S/C33H49N3O4/c1-10-12-21-34-29(37)28(27-23(3)17-16-18-24(27)4)36(33(8,9)11-2)30(38)26(22-25-19-14-13-15-20-25)35-31(39)40-32(5,6)7/h13-20,26,28H,10-12,21-22H2,1-9H3,(H,34,37)(H,35,39). The van der Waals surface area contributed by atoms with Gasteiger partial charge in [0.25, 0.3) is 0 Å². The number of alkyl carbamates (subject to hydrolysis) is 1. The number of benzene rings is 2. The Kier molecular flexibility index (Phi) is 11.8. The van der Waals surface area contributed by atoms with E-state index >= 15 is 0 Å². The highest BCUT2D eigenvalue weighted by molar-refractivity contribution is 5.93. The molecule has 0 bridgehead atoms. The van der Waals surface area contributed by atoms with Gasteiger partial charge in [-0.15, -0.1) is 0 Å². The third-order valence-electron chi connectivity index (χ3n) is 7.18. The molecular weight excluding hydrogens is 502 g/mol. The second-order valence-electron chi connectivity index (χ2n) is 12.1. The minimum atomic E-state index is -0.946. The van der Waals surface area contributed by atoms with E-state index in [0.29, 0.717) is 13.0 Å². The first-order valence-corrected chi connectivity index (χ1v) is 14.4. The predicted octanol–water partition coefficient (Wildman–Crippen LogP) is 6.41. The molecule has 0 aromatic heterocycles. The number of carbonyl (C=O) groups excluding carboxylic acids is 3. The first-order valence-electron chi connectivity index (χ1n) is 14.4. The predicted molar refractivity (Wildman–Crippen MR) is 161 cm³/mol. The van der Waals surface area contributed by atoms with E-state index in [1.807, 2.05) is 83.1 Å². The highest BCUT2D eigenvalue weighted by Crippen LogP contribution is 2.35. The number of aryl methyl sites for hydroxylation is 2. The van der Waals surface area contributed by atoms with E-state index in [2.05, 4.69) is 17.6 Å². The van der Waals surface area contributed by atoms with Crippen LogP contribution in [0, 0.1) is 13.8 Å². The largest absolute Gasteiger partial charge is 0.444 e.